The van der Waals surface area contributed by atoms with E-state index in [9.17, 15) is 9.59 Å². The van der Waals surface area contributed by atoms with Gasteiger partial charge in [0.2, 0.25) is 5.91 Å². The van der Waals surface area contributed by atoms with Crippen LogP contribution in [0.1, 0.15) is 11.1 Å². The van der Waals surface area contributed by atoms with Crippen LogP contribution in [0.3, 0.4) is 0 Å². The minimum absolute atomic E-state index is 0.152. The van der Waals surface area contributed by atoms with Crippen LogP contribution in [0.15, 0.2) is 59.7 Å². The van der Waals surface area contributed by atoms with E-state index in [0.717, 1.165) is 11.1 Å². The molecule has 34 heavy (non-hydrogen) atoms. The van der Waals surface area contributed by atoms with Crippen molar-refractivity contribution in [2.75, 3.05) is 26.2 Å². The van der Waals surface area contributed by atoms with Crippen molar-refractivity contribution in [3.8, 4) is 11.5 Å². The number of rotatable bonds is 9. The molecule has 0 saturated carbocycles. The summed E-state index contributed by atoms with van der Waals surface area (Å²) in [7, 11) is 5.02. The van der Waals surface area contributed by atoms with Crippen molar-refractivity contribution in [1.82, 2.24) is 19.9 Å². The predicted molar refractivity (Wildman–Crippen MR) is 132 cm³/mol. The van der Waals surface area contributed by atoms with Gasteiger partial charge >= 0.3 is 0 Å². The smallest absolute Gasteiger partial charge is 0.273 e. The van der Waals surface area contributed by atoms with E-state index in [1.54, 1.807) is 20.3 Å². The van der Waals surface area contributed by atoms with Gasteiger partial charge in [-0.15, -0.1) is 0 Å². The van der Waals surface area contributed by atoms with Gasteiger partial charge in [-0.25, -0.2) is 4.98 Å². The molecule has 9 nitrogen and oxygen atoms in total. The normalized spacial score (nSPS) is 10.8. The van der Waals surface area contributed by atoms with Crippen molar-refractivity contribution < 1.29 is 14.3 Å². The number of nitrogens with one attached hydrogen (secondary N) is 1. The second kappa shape index (κ2) is 10.3. The fraction of sp³-hybridized carbons (Fsp3) is 0.250. The van der Waals surface area contributed by atoms with Crippen LogP contribution >= 0.6 is 11.3 Å². The second-order valence-corrected chi connectivity index (χ2v) is 8.58. The lowest BCUT2D eigenvalue weighted by Crippen LogP contribution is -2.32. The molecule has 0 bridgehead atoms. The van der Waals surface area contributed by atoms with Gasteiger partial charge < -0.3 is 19.7 Å². The van der Waals surface area contributed by atoms with Crippen molar-refractivity contribution in [3.05, 3.63) is 76.3 Å². The van der Waals surface area contributed by atoms with Crippen LogP contribution in [0.5, 0.6) is 11.5 Å². The highest BCUT2D eigenvalue weighted by molar-refractivity contribution is 7.22. The first-order valence-corrected chi connectivity index (χ1v) is 11.4. The molecule has 0 aliphatic rings. The van der Waals surface area contributed by atoms with Gasteiger partial charge in [0, 0.05) is 25.7 Å². The van der Waals surface area contributed by atoms with Gasteiger partial charge in [0.1, 0.15) is 17.6 Å². The van der Waals surface area contributed by atoms with E-state index < -0.39 is 0 Å². The largest absolute Gasteiger partial charge is 0.493 e. The molecule has 0 atom stereocenters. The van der Waals surface area contributed by atoms with E-state index in [2.05, 4.69) is 15.3 Å². The molecule has 0 aliphatic heterocycles. The Hall–Kier alpha value is -3.92. The van der Waals surface area contributed by atoms with Gasteiger partial charge in [-0.05, 0) is 11.6 Å². The molecule has 0 spiro atoms. The third kappa shape index (κ3) is 5.01. The topological polar surface area (TPSA) is 98.6 Å². The summed E-state index contributed by atoms with van der Waals surface area (Å²) < 4.78 is 12.4. The number of hydrogen-bond acceptors (Lipinski definition) is 8. The maximum Gasteiger partial charge on any atom is 0.273 e. The summed E-state index contributed by atoms with van der Waals surface area (Å²) >= 11 is 1.27. The Morgan fingerprint density at radius 1 is 1.12 bits per heavy atom. The lowest BCUT2D eigenvalue weighted by atomic mass is 10.2. The van der Waals surface area contributed by atoms with Gasteiger partial charge in [0.05, 0.1) is 14.2 Å². The van der Waals surface area contributed by atoms with Crippen LogP contribution < -0.4 is 25.2 Å². The van der Waals surface area contributed by atoms with Crippen LogP contribution in [0.25, 0.3) is 10.3 Å². The highest BCUT2D eigenvalue weighted by Gasteiger charge is 2.16. The monoisotopic (exact) mass is 479 g/mol. The fourth-order valence-electron chi connectivity index (χ4n) is 3.53. The molecule has 2 heterocycles. The molecule has 0 radical (unpaired) electrons. The minimum atomic E-state index is -0.320. The molecule has 2 aromatic carbocycles. The van der Waals surface area contributed by atoms with Crippen LogP contribution in [-0.2, 0) is 24.4 Å². The molecule has 0 aliphatic carbocycles. The van der Waals surface area contributed by atoms with Gasteiger partial charge in [-0.2, -0.15) is 4.98 Å². The van der Waals surface area contributed by atoms with Crippen LogP contribution in [-0.4, -0.2) is 41.7 Å². The summed E-state index contributed by atoms with van der Waals surface area (Å²) in [5.41, 5.74) is 1.99. The highest BCUT2D eigenvalue weighted by Crippen LogP contribution is 2.30. The zero-order valence-electron chi connectivity index (χ0n) is 19.1. The number of methoxy groups -OCH3 is 2. The Kier molecular flexibility index (Phi) is 7.07. The predicted octanol–water partition coefficient (Wildman–Crippen LogP) is 2.82. The number of nitrogens with zero attached hydrogens (tertiary/aromatic N) is 4. The first kappa shape index (κ1) is 23.2. The number of aromatic nitrogens is 3. The fourth-order valence-corrected chi connectivity index (χ4v) is 4.46. The number of para-hydroxylation sites is 1. The van der Waals surface area contributed by atoms with Crippen molar-refractivity contribution >= 4 is 32.7 Å². The van der Waals surface area contributed by atoms with Crippen molar-refractivity contribution in [2.45, 2.75) is 19.6 Å². The van der Waals surface area contributed by atoms with Crippen molar-refractivity contribution in [3.63, 3.8) is 0 Å². The summed E-state index contributed by atoms with van der Waals surface area (Å²) in [6.45, 7) is 0.741. The Morgan fingerprint density at radius 3 is 2.65 bits per heavy atom. The standard InChI is InChI=1S/C24H25N5O4S/c1-28(13-16-8-5-4-6-9-16)24-27-22-21(34-24)23(31)29(15-26-22)14-19(30)25-12-17-10-7-11-18(32-2)20(17)33-3/h4-11,15H,12-14H2,1-3H3,(H,25,30). The maximum absolute atomic E-state index is 13.0. The molecule has 2 aromatic heterocycles. The van der Waals surface area contributed by atoms with E-state index in [1.165, 1.54) is 22.2 Å². The molecule has 0 unspecified atom stereocenters. The SMILES string of the molecule is COc1cccc(CNC(=O)Cn2cnc3nc(N(C)Cc4ccccc4)sc3c2=O)c1OC. The van der Waals surface area contributed by atoms with E-state index >= 15 is 0 Å². The molecule has 1 N–H and O–H groups in total. The highest BCUT2D eigenvalue weighted by atomic mass is 32.1. The number of thiazole rings is 1. The molecule has 176 valence electrons. The average Bonchev–Trinajstić information content (AvgIpc) is 3.30. The first-order valence-electron chi connectivity index (χ1n) is 10.6. The van der Waals surface area contributed by atoms with Crippen LogP contribution in [0, 0.1) is 0 Å². The number of hydrogen-bond donors (Lipinski definition) is 1. The molecule has 0 fully saturated rings. The van der Waals surface area contributed by atoms with Gasteiger partial charge in [-0.3, -0.25) is 14.2 Å². The summed E-state index contributed by atoms with van der Waals surface area (Å²) in [4.78, 5) is 36.3. The molecule has 10 heteroatoms. The Labute approximate surface area is 200 Å². The van der Waals surface area contributed by atoms with Crippen LogP contribution in [0.2, 0.25) is 0 Å². The molecule has 0 saturated heterocycles. The molecule has 4 aromatic rings. The summed E-state index contributed by atoms with van der Waals surface area (Å²) in [6.07, 6.45) is 1.36. The average molecular weight is 480 g/mol. The lowest BCUT2D eigenvalue weighted by molar-refractivity contribution is -0.121. The molecule has 4 rings (SSSR count). The summed E-state index contributed by atoms with van der Waals surface area (Å²) in [5, 5.41) is 3.51. The van der Waals surface area contributed by atoms with E-state index in [0.29, 0.717) is 33.5 Å². The Bertz CT molecular complexity index is 1350. The number of benzene rings is 2. The quantitative estimate of drug-likeness (QED) is 0.394. The first-order chi connectivity index (χ1) is 16.5. The molecular formula is C24H25N5O4S. The van der Waals surface area contributed by atoms with Crippen molar-refractivity contribution in [2.24, 2.45) is 0 Å². The maximum atomic E-state index is 13.0. The van der Waals surface area contributed by atoms with Crippen LogP contribution in [0.4, 0.5) is 5.13 Å². The summed E-state index contributed by atoms with van der Waals surface area (Å²) in [5.74, 6) is 0.819. The van der Waals surface area contributed by atoms with E-state index in [-0.39, 0.29) is 24.6 Å². The number of anilines is 1. The number of carbonyl (C=O) groups is 1. The van der Waals surface area contributed by atoms with Gasteiger partial charge in [0.25, 0.3) is 5.56 Å². The second-order valence-electron chi connectivity index (χ2n) is 7.60. The Morgan fingerprint density at radius 2 is 1.91 bits per heavy atom. The third-order valence-corrected chi connectivity index (χ3v) is 6.38. The number of fused-ring (bicyclic) bond motifs is 1. The number of carbonyl (C=O) groups excluding carboxylic acids is 1. The lowest BCUT2D eigenvalue weighted by Gasteiger charge is -2.15. The van der Waals surface area contributed by atoms with E-state index in [1.807, 2.05) is 54.4 Å². The number of ether oxygens (including phenoxy) is 2. The van der Waals surface area contributed by atoms with Gasteiger partial charge in [0.15, 0.2) is 22.3 Å². The molecule has 1 amide bonds. The molecular weight excluding hydrogens is 454 g/mol. The Balaban J connectivity index is 1.46. The van der Waals surface area contributed by atoms with E-state index in [4.69, 9.17) is 9.47 Å². The third-order valence-electron chi connectivity index (χ3n) is 5.24. The van der Waals surface area contributed by atoms with Crippen molar-refractivity contribution in [1.29, 1.82) is 0 Å². The number of amides is 1. The van der Waals surface area contributed by atoms with Gasteiger partial charge in [-0.1, -0.05) is 53.8 Å². The summed E-state index contributed by atoms with van der Waals surface area (Å²) in [6, 6.07) is 15.5. The zero-order chi connectivity index (χ0) is 24.1. The minimum Gasteiger partial charge on any atom is -0.493 e. The zero-order valence-corrected chi connectivity index (χ0v) is 20.0.